The van der Waals surface area contributed by atoms with Gasteiger partial charge in [0.15, 0.2) is 0 Å². The number of para-hydroxylation sites is 1. The minimum Gasteiger partial charge on any atom is -0.365 e. The lowest BCUT2D eigenvalue weighted by molar-refractivity contribution is 0.337. The maximum absolute atomic E-state index is 3.47. The molecule has 0 aromatic heterocycles. The minimum atomic E-state index is 0.575. The minimum absolute atomic E-state index is 0.575. The topological polar surface area (TPSA) is 18.5 Å². The smallest absolute Gasteiger partial charge is 0.0541 e. The van der Waals surface area contributed by atoms with E-state index in [1.165, 1.54) is 5.69 Å². The molecule has 3 heteroatoms. The zero-order valence-corrected chi connectivity index (χ0v) is 10.2. The Hall–Kier alpha value is -1.06. The van der Waals surface area contributed by atoms with Crippen molar-refractivity contribution in [3.8, 4) is 0 Å². The molecule has 1 N–H and O–H groups in total. The summed E-state index contributed by atoms with van der Waals surface area (Å²) in [4.78, 5) is 4.77. The largest absolute Gasteiger partial charge is 0.365 e. The van der Waals surface area contributed by atoms with Crippen LogP contribution in [0.1, 0.15) is 0 Å². The van der Waals surface area contributed by atoms with Gasteiger partial charge in [-0.3, -0.25) is 0 Å². The molecule has 0 aliphatic carbocycles. The number of rotatable bonds is 3. The van der Waals surface area contributed by atoms with E-state index in [0.717, 1.165) is 26.2 Å². The summed E-state index contributed by atoms with van der Waals surface area (Å²) in [6.45, 7) is 4.36. The van der Waals surface area contributed by atoms with E-state index in [1.807, 2.05) is 0 Å². The van der Waals surface area contributed by atoms with E-state index >= 15 is 0 Å². The average molecular weight is 219 g/mol. The Balaban J connectivity index is 2.10. The number of hydrogen-bond acceptors (Lipinski definition) is 3. The molecule has 0 saturated carbocycles. The van der Waals surface area contributed by atoms with Crippen LogP contribution in [0.4, 0.5) is 5.69 Å². The SMILES string of the molecule is CN(C)CC1CNCCN1c1ccccc1. The van der Waals surface area contributed by atoms with E-state index in [9.17, 15) is 0 Å². The van der Waals surface area contributed by atoms with Gasteiger partial charge in [0.1, 0.15) is 0 Å². The van der Waals surface area contributed by atoms with E-state index in [2.05, 4.69) is 59.5 Å². The molecule has 1 unspecified atom stereocenters. The highest BCUT2D eigenvalue weighted by molar-refractivity contribution is 5.47. The molecule has 1 aliphatic rings. The van der Waals surface area contributed by atoms with Crippen LogP contribution in [-0.4, -0.2) is 51.2 Å². The number of benzene rings is 1. The molecule has 1 fully saturated rings. The van der Waals surface area contributed by atoms with Crippen molar-refractivity contribution in [1.82, 2.24) is 10.2 Å². The van der Waals surface area contributed by atoms with Crippen LogP contribution in [0.2, 0.25) is 0 Å². The predicted octanol–water partition coefficient (Wildman–Crippen LogP) is 1.03. The summed E-state index contributed by atoms with van der Waals surface area (Å²) in [6.07, 6.45) is 0. The third kappa shape index (κ3) is 2.74. The lowest BCUT2D eigenvalue weighted by atomic mass is 10.1. The van der Waals surface area contributed by atoms with Crippen LogP contribution < -0.4 is 10.2 Å². The average Bonchev–Trinajstić information content (AvgIpc) is 2.30. The van der Waals surface area contributed by atoms with Crippen LogP contribution in [0.3, 0.4) is 0 Å². The summed E-state index contributed by atoms with van der Waals surface area (Å²) in [5.41, 5.74) is 1.34. The Labute approximate surface area is 98.0 Å². The maximum Gasteiger partial charge on any atom is 0.0541 e. The van der Waals surface area contributed by atoms with E-state index in [-0.39, 0.29) is 0 Å². The molecule has 1 heterocycles. The summed E-state index contributed by atoms with van der Waals surface area (Å²) < 4.78 is 0. The molecule has 0 amide bonds. The van der Waals surface area contributed by atoms with E-state index in [1.54, 1.807) is 0 Å². The Morgan fingerprint density at radius 2 is 2.06 bits per heavy atom. The first-order chi connectivity index (χ1) is 7.77. The molecule has 0 bridgehead atoms. The monoisotopic (exact) mass is 219 g/mol. The van der Waals surface area contributed by atoms with Gasteiger partial charge in [0.05, 0.1) is 6.04 Å². The van der Waals surface area contributed by atoms with Crippen LogP contribution in [0.5, 0.6) is 0 Å². The van der Waals surface area contributed by atoms with Crippen molar-refractivity contribution < 1.29 is 0 Å². The van der Waals surface area contributed by atoms with Crippen LogP contribution in [-0.2, 0) is 0 Å². The summed E-state index contributed by atoms with van der Waals surface area (Å²) >= 11 is 0. The van der Waals surface area contributed by atoms with Crippen molar-refractivity contribution in [3.05, 3.63) is 30.3 Å². The Kier molecular flexibility index (Phi) is 3.80. The van der Waals surface area contributed by atoms with Crippen molar-refractivity contribution >= 4 is 5.69 Å². The van der Waals surface area contributed by atoms with E-state index < -0.39 is 0 Å². The second-order valence-electron chi connectivity index (χ2n) is 4.65. The fraction of sp³-hybridized carbons (Fsp3) is 0.538. The third-order valence-electron chi connectivity index (χ3n) is 3.01. The van der Waals surface area contributed by atoms with Crippen molar-refractivity contribution in [2.24, 2.45) is 0 Å². The molecule has 3 nitrogen and oxygen atoms in total. The molecule has 2 rings (SSSR count). The number of anilines is 1. The van der Waals surface area contributed by atoms with Crippen molar-refractivity contribution in [1.29, 1.82) is 0 Å². The van der Waals surface area contributed by atoms with Gasteiger partial charge in [-0.1, -0.05) is 18.2 Å². The highest BCUT2D eigenvalue weighted by Gasteiger charge is 2.22. The molecule has 1 atom stereocenters. The molecule has 0 radical (unpaired) electrons. The quantitative estimate of drug-likeness (QED) is 0.819. The Bertz CT molecular complexity index is 310. The number of likely N-dealkylation sites (N-methyl/N-ethyl adjacent to an activating group) is 1. The van der Waals surface area contributed by atoms with Crippen LogP contribution in [0.15, 0.2) is 30.3 Å². The van der Waals surface area contributed by atoms with Crippen molar-refractivity contribution in [2.75, 3.05) is 45.2 Å². The van der Waals surface area contributed by atoms with E-state index in [4.69, 9.17) is 0 Å². The van der Waals surface area contributed by atoms with Gasteiger partial charge in [-0.15, -0.1) is 0 Å². The summed E-state index contributed by atoms with van der Waals surface area (Å²) in [6, 6.07) is 11.3. The van der Waals surface area contributed by atoms with Crippen molar-refractivity contribution in [2.45, 2.75) is 6.04 Å². The molecule has 16 heavy (non-hydrogen) atoms. The first-order valence-corrected chi connectivity index (χ1v) is 5.94. The molecular weight excluding hydrogens is 198 g/mol. The van der Waals surface area contributed by atoms with Crippen LogP contribution in [0, 0.1) is 0 Å². The van der Waals surface area contributed by atoms with Crippen LogP contribution >= 0.6 is 0 Å². The Morgan fingerprint density at radius 3 is 2.75 bits per heavy atom. The highest BCUT2D eigenvalue weighted by Crippen LogP contribution is 2.17. The van der Waals surface area contributed by atoms with Gasteiger partial charge in [-0.25, -0.2) is 0 Å². The van der Waals surface area contributed by atoms with Gasteiger partial charge in [-0.05, 0) is 26.2 Å². The Morgan fingerprint density at radius 1 is 1.31 bits per heavy atom. The molecular formula is C13H21N3. The molecule has 1 aromatic rings. The zero-order chi connectivity index (χ0) is 11.4. The normalized spacial score (nSPS) is 21.4. The van der Waals surface area contributed by atoms with Gasteiger partial charge in [-0.2, -0.15) is 0 Å². The lowest BCUT2D eigenvalue weighted by Gasteiger charge is -2.39. The fourth-order valence-corrected chi connectivity index (χ4v) is 2.30. The van der Waals surface area contributed by atoms with Gasteiger partial charge in [0.25, 0.3) is 0 Å². The van der Waals surface area contributed by atoms with Crippen LogP contribution in [0.25, 0.3) is 0 Å². The third-order valence-corrected chi connectivity index (χ3v) is 3.01. The number of nitrogens with zero attached hydrogens (tertiary/aromatic N) is 2. The molecule has 0 spiro atoms. The van der Waals surface area contributed by atoms with E-state index in [0.29, 0.717) is 6.04 Å². The zero-order valence-electron chi connectivity index (χ0n) is 10.2. The number of piperazine rings is 1. The summed E-state index contributed by atoms with van der Waals surface area (Å²) in [5, 5.41) is 3.47. The highest BCUT2D eigenvalue weighted by atomic mass is 15.3. The predicted molar refractivity (Wildman–Crippen MR) is 69.0 cm³/mol. The first-order valence-electron chi connectivity index (χ1n) is 5.94. The first kappa shape index (κ1) is 11.4. The van der Waals surface area contributed by atoms with Gasteiger partial charge in [0, 0.05) is 31.9 Å². The maximum atomic E-state index is 3.47. The standard InChI is InChI=1S/C13H21N3/c1-15(2)11-13-10-14-8-9-16(13)12-6-4-3-5-7-12/h3-7,13-14H,8-11H2,1-2H3. The fourth-order valence-electron chi connectivity index (χ4n) is 2.30. The summed E-state index contributed by atoms with van der Waals surface area (Å²) in [7, 11) is 4.27. The second-order valence-corrected chi connectivity index (χ2v) is 4.65. The number of hydrogen-bond donors (Lipinski definition) is 1. The molecule has 1 aromatic carbocycles. The van der Waals surface area contributed by atoms with Gasteiger partial charge in [0.2, 0.25) is 0 Å². The summed E-state index contributed by atoms with van der Waals surface area (Å²) in [5.74, 6) is 0. The second kappa shape index (κ2) is 5.32. The van der Waals surface area contributed by atoms with Gasteiger partial charge >= 0.3 is 0 Å². The molecule has 1 aliphatic heterocycles. The van der Waals surface area contributed by atoms with Gasteiger partial charge < -0.3 is 15.1 Å². The van der Waals surface area contributed by atoms with Crippen molar-refractivity contribution in [3.63, 3.8) is 0 Å². The molecule has 88 valence electrons. The number of nitrogens with one attached hydrogen (secondary N) is 1. The molecule has 1 saturated heterocycles. The lowest BCUT2D eigenvalue weighted by Crippen LogP contribution is -2.55.